The van der Waals surface area contributed by atoms with Crippen molar-refractivity contribution in [1.29, 1.82) is 0 Å². The Labute approximate surface area is 118 Å². The highest BCUT2D eigenvalue weighted by molar-refractivity contribution is 9.10. The fraction of sp³-hybridized carbons (Fsp3) is 0.133. The summed E-state index contributed by atoms with van der Waals surface area (Å²) >= 11 is 3.18. The molecule has 0 aliphatic carbocycles. The Balaban J connectivity index is 2.23. The largest absolute Gasteiger partial charge is 0.338 e. The van der Waals surface area contributed by atoms with Crippen LogP contribution in [0.15, 0.2) is 34.8 Å². The maximum Gasteiger partial charge on any atom is 0.139 e. The number of halogens is 2. The fourth-order valence-corrected chi connectivity index (χ4v) is 2.47. The van der Waals surface area contributed by atoms with Gasteiger partial charge in [0.1, 0.15) is 11.6 Å². The zero-order valence-corrected chi connectivity index (χ0v) is 12.2. The minimum absolute atomic E-state index is 0.288. The first-order valence-electron chi connectivity index (χ1n) is 5.97. The predicted octanol–water partition coefficient (Wildman–Crippen LogP) is 4.75. The molecule has 96 valence electrons. The number of rotatable bonds is 1. The van der Waals surface area contributed by atoms with Gasteiger partial charge < -0.3 is 4.98 Å². The van der Waals surface area contributed by atoms with Gasteiger partial charge in [-0.15, -0.1) is 0 Å². The Kier molecular flexibility index (Phi) is 2.90. The Hall–Kier alpha value is -1.68. The highest BCUT2D eigenvalue weighted by Crippen LogP contribution is 2.27. The van der Waals surface area contributed by atoms with Gasteiger partial charge in [0.05, 0.1) is 15.5 Å². The number of hydrogen-bond acceptors (Lipinski definition) is 1. The third-order valence-corrected chi connectivity index (χ3v) is 3.99. The van der Waals surface area contributed by atoms with Crippen LogP contribution in [0.25, 0.3) is 22.4 Å². The number of fused-ring (bicyclic) bond motifs is 1. The lowest BCUT2D eigenvalue weighted by molar-refractivity contribution is 0.623. The van der Waals surface area contributed by atoms with Gasteiger partial charge in [-0.3, -0.25) is 0 Å². The lowest BCUT2D eigenvalue weighted by Crippen LogP contribution is -1.88. The van der Waals surface area contributed by atoms with Crippen molar-refractivity contribution in [3.8, 4) is 11.4 Å². The standard InChI is InChI=1S/C15H12BrFN2/c1-8-4-3-5-10(9(8)2)15-18-13-6-11(16)12(17)7-14(13)19-15/h3-7H,1-2H3,(H,18,19). The molecule has 0 atom stereocenters. The molecule has 3 rings (SSSR count). The zero-order chi connectivity index (χ0) is 13.6. The van der Waals surface area contributed by atoms with Gasteiger partial charge in [0, 0.05) is 11.6 Å². The minimum atomic E-state index is -0.288. The van der Waals surface area contributed by atoms with Crippen LogP contribution in [-0.2, 0) is 0 Å². The highest BCUT2D eigenvalue weighted by Gasteiger charge is 2.11. The number of imidazole rings is 1. The van der Waals surface area contributed by atoms with Gasteiger partial charge in [-0.05, 0) is 47.0 Å². The molecule has 3 aromatic rings. The van der Waals surface area contributed by atoms with Crippen LogP contribution >= 0.6 is 15.9 Å². The summed E-state index contributed by atoms with van der Waals surface area (Å²) in [5.74, 6) is 0.484. The average molecular weight is 319 g/mol. The van der Waals surface area contributed by atoms with Crippen molar-refractivity contribution in [3.05, 3.63) is 51.7 Å². The van der Waals surface area contributed by atoms with Crippen molar-refractivity contribution < 1.29 is 4.39 Å². The number of H-pyrrole nitrogens is 1. The molecule has 0 bridgehead atoms. The molecular formula is C15H12BrFN2. The number of nitrogens with one attached hydrogen (secondary N) is 1. The van der Waals surface area contributed by atoms with Crippen molar-refractivity contribution in [3.63, 3.8) is 0 Å². The molecule has 2 nitrogen and oxygen atoms in total. The Morgan fingerprint density at radius 1 is 1.21 bits per heavy atom. The molecule has 0 saturated heterocycles. The lowest BCUT2D eigenvalue weighted by Gasteiger charge is -2.04. The maximum absolute atomic E-state index is 13.5. The first-order valence-corrected chi connectivity index (χ1v) is 6.77. The van der Waals surface area contributed by atoms with Crippen LogP contribution in [-0.4, -0.2) is 9.97 Å². The molecule has 4 heteroatoms. The second-order valence-electron chi connectivity index (χ2n) is 4.62. The third kappa shape index (κ3) is 2.06. The molecule has 0 saturated carbocycles. The number of nitrogens with zero attached hydrogens (tertiary/aromatic N) is 1. The Morgan fingerprint density at radius 3 is 2.79 bits per heavy atom. The quantitative estimate of drug-likeness (QED) is 0.689. The smallest absolute Gasteiger partial charge is 0.139 e. The normalized spacial score (nSPS) is 11.2. The number of aryl methyl sites for hydroxylation is 1. The van der Waals surface area contributed by atoms with Crippen LogP contribution in [0.2, 0.25) is 0 Å². The van der Waals surface area contributed by atoms with E-state index in [0.717, 1.165) is 16.9 Å². The maximum atomic E-state index is 13.5. The molecule has 1 aromatic heterocycles. The summed E-state index contributed by atoms with van der Waals surface area (Å²) in [6, 6.07) is 9.24. The van der Waals surface area contributed by atoms with Crippen LogP contribution in [0.1, 0.15) is 11.1 Å². The van der Waals surface area contributed by atoms with Crippen molar-refractivity contribution >= 4 is 27.0 Å². The van der Waals surface area contributed by atoms with E-state index in [1.165, 1.54) is 17.2 Å². The summed E-state index contributed by atoms with van der Waals surface area (Å²) in [5, 5.41) is 0. The van der Waals surface area contributed by atoms with Crippen LogP contribution < -0.4 is 0 Å². The molecule has 0 unspecified atom stereocenters. The van der Waals surface area contributed by atoms with Gasteiger partial charge in [-0.1, -0.05) is 18.2 Å². The summed E-state index contributed by atoms with van der Waals surface area (Å²) in [7, 11) is 0. The molecule has 0 fully saturated rings. The zero-order valence-electron chi connectivity index (χ0n) is 10.6. The van der Waals surface area contributed by atoms with E-state index < -0.39 is 0 Å². The molecule has 0 aliphatic heterocycles. The van der Waals surface area contributed by atoms with Crippen LogP contribution in [0.4, 0.5) is 4.39 Å². The summed E-state index contributed by atoms with van der Waals surface area (Å²) in [4.78, 5) is 7.71. The van der Waals surface area contributed by atoms with Crippen LogP contribution in [0.3, 0.4) is 0 Å². The first kappa shape index (κ1) is 12.4. The van der Waals surface area contributed by atoms with Gasteiger partial charge in [0.2, 0.25) is 0 Å². The highest BCUT2D eigenvalue weighted by atomic mass is 79.9. The van der Waals surface area contributed by atoms with Crippen molar-refractivity contribution in [2.75, 3.05) is 0 Å². The molecule has 0 spiro atoms. The van der Waals surface area contributed by atoms with Gasteiger partial charge in [0.25, 0.3) is 0 Å². The second-order valence-corrected chi connectivity index (χ2v) is 5.47. The van der Waals surface area contributed by atoms with E-state index >= 15 is 0 Å². The van der Waals surface area contributed by atoms with Gasteiger partial charge in [-0.2, -0.15) is 0 Å². The monoisotopic (exact) mass is 318 g/mol. The lowest BCUT2D eigenvalue weighted by atomic mass is 10.0. The molecule has 1 heterocycles. The van der Waals surface area contributed by atoms with E-state index in [9.17, 15) is 4.39 Å². The number of aromatic amines is 1. The van der Waals surface area contributed by atoms with E-state index in [-0.39, 0.29) is 5.82 Å². The molecule has 0 radical (unpaired) electrons. The summed E-state index contributed by atoms with van der Waals surface area (Å²) in [6.45, 7) is 4.13. The van der Waals surface area contributed by atoms with E-state index in [1.807, 2.05) is 12.1 Å². The predicted molar refractivity (Wildman–Crippen MR) is 78.7 cm³/mol. The van der Waals surface area contributed by atoms with Gasteiger partial charge in [0.15, 0.2) is 0 Å². The first-order chi connectivity index (χ1) is 9.06. The molecule has 1 N–H and O–H groups in total. The van der Waals surface area contributed by atoms with Gasteiger partial charge >= 0.3 is 0 Å². The average Bonchev–Trinajstić information content (AvgIpc) is 2.76. The Bertz CT molecular complexity index is 738. The van der Waals surface area contributed by atoms with Crippen LogP contribution in [0.5, 0.6) is 0 Å². The minimum Gasteiger partial charge on any atom is -0.338 e. The fourth-order valence-electron chi connectivity index (χ4n) is 2.14. The molecular weight excluding hydrogens is 307 g/mol. The number of aromatic nitrogens is 2. The van der Waals surface area contributed by atoms with Crippen molar-refractivity contribution in [2.24, 2.45) is 0 Å². The molecule has 19 heavy (non-hydrogen) atoms. The van der Waals surface area contributed by atoms with Crippen LogP contribution in [0, 0.1) is 19.7 Å². The van der Waals surface area contributed by atoms with Crippen molar-refractivity contribution in [2.45, 2.75) is 13.8 Å². The molecule has 2 aromatic carbocycles. The van der Waals surface area contributed by atoms with Gasteiger partial charge in [-0.25, -0.2) is 9.37 Å². The van der Waals surface area contributed by atoms with E-state index in [1.54, 1.807) is 6.07 Å². The summed E-state index contributed by atoms with van der Waals surface area (Å²) in [6.07, 6.45) is 0. The van der Waals surface area contributed by atoms with E-state index in [0.29, 0.717) is 9.99 Å². The number of benzene rings is 2. The topological polar surface area (TPSA) is 28.7 Å². The Morgan fingerprint density at radius 2 is 2.00 bits per heavy atom. The van der Waals surface area contributed by atoms with E-state index in [4.69, 9.17) is 0 Å². The summed E-state index contributed by atoms with van der Waals surface area (Å²) in [5.41, 5.74) is 4.90. The van der Waals surface area contributed by atoms with Crippen molar-refractivity contribution in [1.82, 2.24) is 9.97 Å². The summed E-state index contributed by atoms with van der Waals surface area (Å²) < 4.78 is 13.9. The molecule has 0 aliphatic rings. The third-order valence-electron chi connectivity index (χ3n) is 3.38. The van der Waals surface area contributed by atoms with E-state index in [2.05, 4.69) is 45.8 Å². The second kappa shape index (κ2) is 4.46. The number of hydrogen-bond donors (Lipinski definition) is 1. The molecule has 0 amide bonds. The SMILES string of the molecule is Cc1cccc(-c2nc3cc(Br)c(F)cc3[nH]2)c1C.